The first-order valence-corrected chi connectivity index (χ1v) is 15.7. The molecule has 1 aromatic heterocycles. The number of ether oxygens (including phenoxy) is 2. The molecule has 2 aliphatic rings. The van der Waals surface area contributed by atoms with E-state index in [4.69, 9.17) is 13.9 Å². The van der Waals surface area contributed by atoms with Crippen LogP contribution in [0, 0.1) is 0 Å². The molecule has 1 spiro atoms. The normalized spacial score (nSPS) is 20.9. The van der Waals surface area contributed by atoms with Crippen molar-refractivity contribution >= 4 is 31.0 Å². The maximum atomic E-state index is 13.2. The molecule has 3 heterocycles. The molecule has 0 aliphatic carbocycles. The van der Waals surface area contributed by atoms with Crippen molar-refractivity contribution in [2.45, 2.75) is 47.0 Å². The molecule has 2 fully saturated rings. The summed E-state index contributed by atoms with van der Waals surface area (Å²) < 4.78 is 71.3. The summed E-state index contributed by atoms with van der Waals surface area (Å²) in [6.45, 7) is 1.40. The summed E-state index contributed by atoms with van der Waals surface area (Å²) in [5, 5.41) is 14.4. The van der Waals surface area contributed by atoms with Gasteiger partial charge < -0.3 is 24.3 Å². The molecule has 0 amide bonds. The van der Waals surface area contributed by atoms with Crippen molar-refractivity contribution in [3.05, 3.63) is 54.6 Å². The van der Waals surface area contributed by atoms with Gasteiger partial charge in [-0.15, -0.1) is 0 Å². The molecule has 39 heavy (non-hydrogen) atoms. The van der Waals surface area contributed by atoms with Gasteiger partial charge in [0.05, 0.1) is 17.1 Å². The first-order valence-electron chi connectivity index (χ1n) is 12.8. The van der Waals surface area contributed by atoms with Gasteiger partial charge in [-0.25, -0.2) is 21.6 Å². The number of piperidine rings is 1. The van der Waals surface area contributed by atoms with E-state index in [0.29, 0.717) is 50.3 Å². The SMILES string of the molecule is CNS(=O)(=O)c1cccc(OCC(O)CNC2COC3(CCN(S(=O)(=O)c4cc5ccccc5o4)CC3)C2)c1. The fraction of sp³-hybridized carbons (Fsp3) is 0.462. The average molecular weight is 580 g/mol. The molecule has 2 unspecified atom stereocenters. The Labute approximate surface area is 228 Å². The number of hydrogen-bond donors (Lipinski definition) is 3. The van der Waals surface area contributed by atoms with E-state index >= 15 is 0 Å². The lowest BCUT2D eigenvalue weighted by Crippen LogP contribution is -2.47. The van der Waals surface area contributed by atoms with Crippen LogP contribution >= 0.6 is 0 Å². The lowest BCUT2D eigenvalue weighted by molar-refractivity contribution is -0.0313. The minimum absolute atomic E-state index is 0.0105. The number of nitrogens with one attached hydrogen (secondary N) is 2. The molecule has 3 aromatic rings. The number of aliphatic hydroxyl groups is 1. The Morgan fingerprint density at radius 3 is 2.62 bits per heavy atom. The first-order chi connectivity index (χ1) is 18.6. The highest BCUT2D eigenvalue weighted by Gasteiger charge is 2.45. The van der Waals surface area contributed by atoms with Crippen LogP contribution in [0.15, 0.2) is 69.0 Å². The van der Waals surface area contributed by atoms with Crippen LogP contribution < -0.4 is 14.8 Å². The Morgan fingerprint density at radius 2 is 1.87 bits per heavy atom. The number of rotatable bonds is 10. The van der Waals surface area contributed by atoms with E-state index in [-0.39, 0.29) is 29.2 Å². The topological polar surface area (TPSA) is 147 Å². The largest absolute Gasteiger partial charge is 0.491 e. The van der Waals surface area contributed by atoms with Gasteiger partial charge in [0.25, 0.3) is 10.0 Å². The highest BCUT2D eigenvalue weighted by molar-refractivity contribution is 7.89. The van der Waals surface area contributed by atoms with Gasteiger partial charge in [-0.2, -0.15) is 4.31 Å². The summed E-state index contributed by atoms with van der Waals surface area (Å²) in [7, 11) is -5.98. The van der Waals surface area contributed by atoms with Crippen LogP contribution in [-0.2, 0) is 24.8 Å². The van der Waals surface area contributed by atoms with Crippen molar-refractivity contribution < 1.29 is 35.8 Å². The molecule has 2 aliphatic heterocycles. The monoisotopic (exact) mass is 579 g/mol. The van der Waals surface area contributed by atoms with Crippen molar-refractivity contribution in [2.75, 3.05) is 39.9 Å². The second-order valence-electron chi connectivity index (χ2n) is 9.96. The van der Waals surface area contributed by atoms with Crippen molar-refractivity contribution in [1.29, 1.82) is 0 Å². The zero-order valence-electron chi connectivity index (χ0n) is 21.6. The van der Waals surface area contributed by atoms with Crippen LogP contribution in [0.5, 0.6) is 5.75 Å². The number of aliphatic hydroxyl groups excluding tert-OH is 1. The number of sulfonamides is 2. The summed E-state index contributed by atoms with van der Waals surface area (Å²) in [5.41, 5.74) is 0.138. The first kappa shape index (κ1) is 28.0. The number of fused-ring (bicyclic) bond motifs is 1. The lowest BCUT2D eigenvalue weighted by atomic mass is 9.88. The molecule has 212 valence electrons. The van der Waals surface area contributed by atoms with Crippen molar-refractivity contribution in [1.82, 2.24) is 14.3 Å². The molecule has 3 N–H and O–H groups in total. The maximum Gasteiger partial charge on any atom is 0.276 e. The quantitative estimate of drug-likeness (QED) is 0.326. The Kier molecular flexibility index (Phi) is 8.02. The predicted molar refractivity (Wildman–Crippen MR) is 143 cm³/mol. The molecule has 5 rings (SSSR count). The molecule has 2 aromatic carbocycles. The van der Waals surface area contributed by atoms with Crippen LogP contribution in [-0.4, -0.2) is 83.9 Å². The number of para-hydroxylation sites is 1. The Morgan fingerprint density at radius 1 is 1.10 bits per heavy atom. The van der Waals surface area contributed by atoms with Gasteiger partial charge in [-0.05, 0) is 44.5 Å². The maximum absolute atomic E-state index is 13.2. The van der Waals surface area contributed by atoms with Gasteiger partial charge in [0.1, 0.15) is 24.0 Å². The number of furan rings is 1. The number of benzene rings is 2. The summed E-state index contributed by atoms with van der Waals surface area (Å²) in [6.07, 6.45) is 1.04. The average Bonchev–Trinajstić information content (AvgIpc) is 3.56. The fourth-order valence-corrected chi connectivity index (χ4v) is 7.23. The van der Waals surface area contributed by atoms with E-state index in [1.807, 2.05) is 12.1 Å². The Balaban J connectivity index is 1.08. The molecule has 0 radical (unpaired) electrons. The van der Waals surface area contributed by atoms with Crippen molar-refractivity contribution in [2.24, 2.45) is 0 Å². The molecule has 0 bridgehead atoms. The predicted octanol–water partition coefficient (Wildman–Crippen LogP) is 1.68. The second kappa shape index (κ2) is 11.2. The van der Waals surface area contributed by atoms with Crippen molar-refractivity contribution in [3.63, 3.8) is 0 Å². The van der Waals surface area contributed by atoms with E-state index in [1.54, 1.807) is 30.3 Å². The molecule has 2 atom stereocenters. The highest BCUT2D eigenvalue weighted by Crippen LogP contribution is 2.38. The molecular formula is C26H33N3O8S2. The number of hydrogen-bond acceptors (Lipinski definition) is 9. The smallest absolute Gasteiger partial charge is 0.276 e. The van der Waals surface area contributed by atoms with E-state index in [2.05, 4.69) is 10.0 Å². The fourth-order valence-electron chi connectivity index (χ4n) is 5.07. The molecule has 11 nitrogen and oxygen atoms in total. The lowest BCUT2D eigenvalue weighted by Gasteiger charge is -2.37. The summed E-state index contributed by atoms with van der Waals surface area (Å²) in [4.78, 5) is 0.0833. The van der Waals surface area contributed by atoms with E-state index in [1.165, 1.54) is 23.5 Å². The third-order valence-corrected chi connectivity index (χ3v) is 10.5. The summed E-state index contributed by atoms with van der Waals surface area (Å²) in [5.74, 6) is 0.345. The third-order valence-electron chi connectivity index (χ3n) is 7.31. The van der Waals surface area contributed by atoms with Crippen LogP contribution in [0.3, 0.4) is 0 Å². The van der Waals surface area contributed by atoms with E-state index in [0.717, 1.165) is 5.39 Å². The third kappa shape index (κ3) is 6.14. The highest BCUT2D eigenvalue weighted by atomic mass is 32.2. The van der Waals surface area contributed by atoms with Crippen molar-refractivity contribution in [3.8, 4) is 5.75 Å². The molecule has 13 heteroatoms. The van der Waals surface area contributed by atoms with Gasteiger partial charge >= 0.3 is 0 Å². The van der Waals surface area contributed by atoms with Gasteiger partial charge in [0, 0.05) is 43.2 Å². The molecule has 2 saturated heterocycles. The second-order valence-corrected chi connectivity index (χ2v) is 13.7. The zero-order chi connectivity index (χ0) is 27.7. The van der Waals surface area contributed by atoms with Crippen LogP contribution in [0.2, 0.25) is 0 Å². The molecular weight excluding hydrogens is 546 g/mol. The number of nitrogens with zero attached hydrogens (tertiary/aromatic N) is 1. The van der Waals surface area contributed by atoms with Crippen LogP contribution in [0.1, 0.15) is 19.3 Å². The van der Waals surface area contributed by atoms with Crippen LogP contribution in [0.25, 0.3) is 11.0 Å². The van der Waals surface area contributed by atoms with Crippen LogP contribution in [0.4, 0.5) is 0 Å². The standard InChI is InChI=1S/C26H33N3O8S2/c1-27-38(31,32)23-7-4-6-22(14-23)35-18-21(30)16-28-20-15-26(36-17-20)9-11-29(12-10-26)39(33,34)25-13-19-5-2-3-8-24(19)37-25/h2-8,13-14,20-21,27-28,30H,9-12,15-18H2,1H3. The minimum Gasteiger partial charge on any atom is -0.491 e. The van der Waals surface area contributed by atoms with E-state index < -0.39 is 31.8 Å². The van der Waals surface area contributed by atoms with E-state index in [9.17, 15) is 21.9 Å². The van der Waals surface area contributed by atoms with Gasteiger partial charge in [-0.3, -0.25) is 0 Å². The minimum atomic E-state index is -3.74. The molecule has 0 saturated carbocycles. The Bertz CT molecular complexity index is 1480. The zero-order valence-corrected chi connectivity index (χ0v) is 23.2. The Hall–Kier alpha value is -2.52. The summed E-state index contributed by atoms with van der Waals surface area (Å²) >= 11 is 0. The summed E-state index contributed by atoms with van der Waals surface area (Å²) in [6, 6.07) is 14.9. The van der Waals surface area contributed by atoms with Gasteiger partial charge in [0.15, 0.2) is 0 Å². The van der Waals surface area contributed by atoms with Gasteiger partial charge in [-0.1, -0.05) is 24.3 Å². The van der Waals surface area contributed by atoms with Gasteiger partial charge in [0.2, 0.25) is 15.1 Å².